The molecule has 0 saturated carbocycles. The topological polar surface area (TPSA) is 78.9 Å². The van der Waals surface area contributed by atoms with Gasteiger partial charge in [-0.25, -0.2) is 4.79 Å². The monoisotopic (exact) mass is 256 g/mol. The third-order valence-corrected chi connectivity index (χ3v) is 3.75. The molecule has 1 amide bonds. The summed E-state index contributed by atoms with van der Waals surface area (Å²) >= 11 is 0. The van der Waals surface area contributed by atoms with Gasteiger partial charge in [0.05, 0.1) is 13.2 Å². The molecule has 0 spiro atoms. The Hall–Kier alpha value is -1.30. The molecule has 2 saturated heterocycles. The highest BCUT2D eigenvalue weighted by atomic mass is 16.6. The molecule has 0 aliphatic carbocycles. The van der Waals surface area contributed by atoms with Gasteiger partial charge >= 0.3 is 12.1 Å². The molecule has 2 N–H and O–H groups in total. The number of carbonyl (C=O) groups is 2. The second-order valence-electron chi connectivity index (χ2n) is 4.93. The zero-order chi connectivity index (χ0) is 13.1. The normalized spacial score (nSPS) is 30.3. The van der Waals surface area contributed by atoms with E-state index in [0.29, 0.717) is 6.61 Å². The van der Waals surface area contributed by atoms with Gasteiger partial charge in [0.1, 0.15) is 0 Å². The zero-order valence-electron chi connectivity index (χ0n) is 10.6. The minimum absolute atomic E-state index is 0.0104. The van der Waals surface area contributed by atoms with E-state index < -0.39 is 5.97 Å². The lowest BCUT2D eigenvalue weighted by atomic mass is 9.98. The Labute approximate surface area is 106 Å². The quantitative estimate of drug-likeness (QED) is 0.778. The van der Waals surface area contributed by atoms with E-state index >= 15 is 0 Å². The average Bonchev–Trinajstić information content (AvgIpc) is 2.58. The molecule has 2 unspecified atom stereocenters. The number of piperidine rings is 1. The molecule has 2 bridgehead atoms. The number of aliphatic carboxylic acids is 1. The standard InChI is InChI=1S/C12H20N2O4/c1-2-18-12(17)14-9-3-4-10(14)6-8(5-9)13-7-11(15)16/h8-10,13H,2-7H2,1H3,(H,15,16). The first-order chi connectivity index (χ1) is 8.61. The number of hydrogen-bond donors (Lipinski definition) is 2. The summed E-state index contributed by atoms with van der Waals surface area (Å²) in [6, 6.07) is 0.604. The van der Waals surface area contributed by atoms with Crippen molar-refractivity contribution in [2.45, 2.75) is 50.7 Å². The maximum atomic E-state index is 11.8. The third-order valence-electron chi connectivity index (χ3n) is 3.75. The fourth-order valence-corrected chi connectivity index (χ4v) is 3.07. The van der Waals surface area contributed by atoms with Gasteiger partial charge in [0.15, 0.2) is 0 Å². The lowest BCUT2D eigenvalue weighted by molar-refractivity contribution is -0.136. The van der Waals surface area contributed by atoms with E-state index in [1.807, 2.05) is 4.90 Å². The summed E-state index contributed by atoms with van der Waals surface area (Å²) in [5, 5.41) is 11.7. The van der Waals surface area contributed by atoms with E-state index in [0.717, 1.165) is 25.7 Å². The molecule has 0 aromatic rings. The molecule has 2 aliphatic heterocycles. The first kappa shape index (κ1) is 13.1. The molecule has 2 rings (SSSR count). The van der Waals surface area contributed by atoms with E-state index in [1.54, 1.807) is 6.92 Å². The predicted molar refractivity (Wildman–Crippen MR) is 64.3 cm³/mol. The summed E-state index contributed by atoms with van der Waals surface area (Å²) in [4.78, 5) is 24.2. The molecule has 0 aromatic heterocycles. The number of amides is 1. The molecule has 0 aromatic carbocycles. The van der Waals surface area contributed by atoms with Crippen LogP contribution in [0.5, 0.6) is 0 Å². The van der Waals surface area contributed by atoms with Crippen LogP contribution in [0.1, 0.15) is 32.6 Å². The average molecular weight is 256 g/mol. The van der Waals surface area contributed by atoms with Gasteiger partial charge < -0.3 is 20.1 Å². The lowest BCUT2D eigenvalue weighted by Gasteiger charge is -2.38. The first-order valence-corrected chi connectivity index (χ1v) is 6.52. The number of hydrogen-bond acceptors (Lipinski definition) is 4. The van der Waals surface area contributed by atoms with E-state index in [-0.39, 0.29) is 30.8 Å². The number of carboxylic acids is 1. The SMILES string of the molecule is CCOC(=O)N1C2CCC1CC(NCC(=O)O)C2. The maximum absolute atomic E-state index is 11.8. The van der Waals surface area contributed by atoms with Crippen LogP contribution in [-0.4, -0.2) is 53.3 Å². The lowest BCUT2D eigenvalue weighted by Crippen LogP contribution is -2.52. The summed E-state index contributed by atoms with van der Waals surface area (Å²) < 4.78 is 5.07. The van der Waals surface area contributed by atoms with Crippen molar-refractivity contribution in [3.8, 4) is 0 Å². The summed E-state index contributed by atoms with van der Waals surface area (Å²) in [6.45, 7) is 2.19. The Bertz CT molecular complexity index is 320. The Balaban J connectivity index is 1.90. The van der Waals surface area contributed by atoms with E-state index in [4.69, 9.17) is 9.84 Å². The van der Waals surface area contributed by atoms with Crippen molar-refractivity contribution < 1.29 is 19.4 Å². The summed E-state index contributed by atoms with van der Waals surface area (Å²) in [5.74, 6) is -0.838. The number of ether oxygens (including phenoxy) is 1. The Morgan fingerprint density at radius 1 is 1.33 bits per heavy atom. The molecular weight excluding hydrogens is 236 g/mol. The van der Waals surface area contributed by atoms with Gasteiger partial charge in [0.25, 0.3) is 0 Å². The van der Waals surface area contributed by atoms with Crippen LogP contribution in [0, 0.1) is 0 Å². The van der Waals surface area contributed by atoms with Crippen molar-refractivity contribution in [1.82, 2.24) is 10.2 Å². The van der Waals surface area contributed by atoms with Crippen LogP contribution in [0.3, 0.4) is 0 Å². The number of rotatable bonds is 4. The van der Waals surface area contributed by atoms with Gasteiger partial charge in [-0.1, -0.05) is 0 Å². The van der Waals surface area contributed by atoms with Crippen LogP contribution in [0.4, 0.5) is 4.79 Å². The maximum Gasteiger partial charge on any atom is 0.410 e. The molecular formula is C12H20N2O4. The van der Waals surface area contributed by atoms with Crippen LogP contribution in [-0.2, 0) is 9.53 Å². The van der Waals surface area contributed by atoms with Crippen LogP contribution in [0.25, 0.3) is 0 Å². The summed E-state index contributed by atoms with van der Waals surface area (Å²) in [7, 11) is 0. The van der Waals surface area contributed by atoms with Crippen molar-refractivity contribution in [3.63, 3.8) is 0 Å². The number of nitrogens with one attached hydrogen (secondary N) is 1. The molecule has 18 heavy (non-hydrogen) atoms. The Kier molecular flexibility index (Phi) is 4.06. The second kappa shape index (κ2) is 5.56. The largest absolute Gasteiger partial charge is 0.480 e. The highest BCUT2D eigenvalue weighted by Gasteiger charge is 2.43. The molecule has 102 valence electrons. The highest BCUT2D eigenvalue weighted by Crippen LogP contribution is 2.36. The summed E-state index contributed by atoms with van der Waals surface area (Å²) in [6.07, 6.45) is 3.41. The van der Waals surface area contributed by atoms with Gasteiger partial charge in [0, 0.05) is 18.1 Å². The zero-order valence-corrected chi connectivity index (χ0v) is 10.6. The first-order valence-electron chi connectivity index (χ1n) is 6.52. The molecule has 6 nitrogen and oxygen atoms in total. The minimum Gasteiger partial charge on any atom is -0.480 e. The number of fused-ring (bicyclic) bond motifs is 2. The molecule has 2 aliphatic rings. The fourth-order valence-electron chi connectivity index (χ4n) is 3.07. The second-order valence-corrected chi connectivity index (χ2v) is 4.93. The van der Waals surface area contributed by atoms with Gasteiger partial charge in [-0.2, -0.15) is 0 Å². The predicted octanol–water partition coefficient (Wildman–Crippen LogP) is 0.812. The van der Waals surface area contributed by atoms with Crippen molar-refractivity contribution in [2.75, 3.05) is 13.2 Å². The van der Waals surface area contributed by atoms with Crippen molar-refractivity contribution in [1.29, 1.82) is 0 Å². The Morgan fingerprint density at radius 3 is 2.44 bits per heavy atom. The van der Waals surface area contributed by atoms with Gasteiger partial charge in [-0.05, 0) is 32.6 Å². The van der Waals surface area contributed by atoms with E-state index in [2.05, 4.69) is 5.32 Å². The van der Waals surface area contributed by atoms with Crippen LogP contribution in [0.15, 0.2) is 0 Å². The van der Waals surface area contributed by atoms with Gasteiger partial charge in [-0.3, -0.25) is 4.79 Å². The third kappa shape index (κ3) is 2.75. The van der Waals surface area contributed by atoms with Crippen LogP contribution < -0.4 is 5.32 Å². The van der Waals surface area contributed by atoms with E-state index in [9.17, 15) is 9.59 Å². The Morgan fingerprint density at radius 2 is 1.94 bits per heavy atom. The highest BCUT2D eigenvalue weighted by molar-refractivity contribution is 5.69. The molecule has 2 atom stereocenters. The van der Waals surface area contributed by atoms with Crippen molar-refractivity contribution in [3.05, 3.63) is 0 Å². The molecule has 6 heteroatoms. The van der Waals surface area contributed by atoms with E-state index in [1.165, 1.54) is 0 Å². The number of nitrogens with zero attached hydrogens (tertiary/aromatic N) is 1. The van der Waals surface area contributed by atoms with Crippen LogP contribution >= 0.6 is 0 Å². The smallest absolute Gasteiger partial charge is 0.410 e. The number of carboxylic acid groups (broad SMARTS) is 1. The molecule has 2 fully saturated rings. The minimum atomic E-state index is -0.838. The molecule has 2 heterocycles. The fraction of sp³-hybridized carbons (Fsp3) is 0.833. The summed E-state index contributed by atoms with van der Waals surface area (Å²) in [5.41, 5.74) is 0. The number of carbonyl (C=O) groups excluding carboxylic acids is 1. The van der Waals surface area contributed by atoms with Crippen molar-refractivity contribution >= 4 is 12.1 Å². The van der Waals surface area contributed by atoms with Crippen molar-refractivity contribution in [2.24, 2.45) is 0 Å². The van der Waals surface area contributed by atoms with Crippen LogP contribution in [0.2, 0.25) is 0 Å². The van der Waals surface area contributed by atoms with Gasteiger partial charge in [-0.15, -0.1) is 0 Å². The molecule has 0 radical (unpaired) electrons. The van der Waals surface area contributed by atoms with Gasteiger partial charge in [0.2, 0.25) is 0 Å².